The number of benzene rings is 2. The second kappa shape index (κ2) is 11.8. The number of ether oxygens (including phenoxy) is 1. The van der Waals surface area contributed by atoms with Crippen molar-refractivity contribution in [2.24, 2.45) is 0 Å². The van der Waals surface area contributed by atoms with E-state index in [2.05, 4.69) is 15.3 Å². The zero-order chi connectivity index (χ0) is 22.3. The van der Waals surface area contributed by atoms with Crippen molar-refractivity contribution in [1.29, 1.82) is 0 Å². The third-order valence-electron chi connectivity index (χ3n) is 5.26. The van der Waals surface area contributed by atoms with Crippen LogP contribution in [0.3, 0.4) is 0 Å². The number of hydrogen-bond acceptors (Lipinski definition) is 6. The minimum atomic E-state index is -0.758. The van der Waals surface area contributed by atoms with Crippen molar-refractivity contribution in [3.8, 4) is 28.2 Å². The molecule has 0 unspecified atom stereocenters. The molecule has 0 bridgehead atoms. The van der Waals surface area contributed by atoms with Crippen LogP contribution in [0, 0.1) is 0 Å². The van der Waals surface area contributed by atoms with Gasteiger partial charge < -0.3 is 19.6 Å². The van der Waals surface area contributed by atoms with Gasteiger partial charge in [0.1, 0.15) is 23.7 Å². The molecular formula is C25H26N3NaO4. The average Bonchev–Trinajstić information content (AvgIpc) is 3.22. The average molecular weight is 455 g/mol. The molecule has 2 N–H and O–H groups in total. The summed E-state index contributed by atoms with van der Waals surface area (Å²) in [4.78, 5) is 19.5. The van der Waals surface area contributed by atoms with Gasteiger partial charge in [0.25, 0.3) is 0 Å². The van der Waals surface area contributed by atoms with Crippen molar-refractivity contribution in [2.75, 3.05) is 19.0 Å². The Kier molecular flexibility index (Phi) is 8.88. The number of fused-ring (bicyclic) bond motifs is 1. The van der Waals surface area contributed by atoms with E-state index >= 15 is 0 Å². The Morgan fingerprint density at radius 2 is 1.76 bits per heavy atom. The fourth-order valence-corrected chi connectivity index (χ4v) is 3.68. The van der Waals surface area contributed by atoms with Crippen molar-refractivity contribution in [2.45, 2.75) is 25.7 Å². The van der Waals surface area contributed by atoms with Crippen LogP contribution in [0.1, 0.15) is 25.7 Å². The fraction of sp³-hybridized carbons (Fsp3) is 0.240. The number of methoxy groups -OCH3 is 1. The molecule has 0 radical (unpaired) electrons. The summed E-state index contributed by atoms with van der Waals surface area (Å²) in [6.45, 7) is 0.680. The SMILES string of the molecule is COc1ccc(-c2c(-c3ccccc3)oc3ncnc(NCCCCCC(=O)O)c23)cc1.[NaH]. The van der Waals surface area contributed by atoms with Crippen LogP contribution in [0.4, 0.5) is 5.82 Å². The van der Waals surface area contributed by atoms with Crippen LogP contribution < -0.4 is 10.1 Å². The number of nitrogens with one attached hydrogen (secondary N) is 1. The van der Waals surface area contributed by atoms with Crippen LogP contribution in [0.2, 0.25) is 0 Å². The summed E-state index contributed by atoms with van der Waals surface area (Å²) in [7, 11) is 1.64. The number of aliphatic carboxylic acids is 1. The van der Waals surface area contributed by atoms with Crippen molar-refractivity contribution in [3.05, 3.63) is 60.9 Å². The Labute approximate surface area is 214 Å². The number of furan rings is 1. The summed E-state index contributed by atoms with van der Waals surface area (Å²) in [5.41, 5.74) is 3.36. The van der Waals surface area contributed by atoms with E-state index in [1.807, 2.05) is 54.6 Å². The van der Waals surface area contributed by atoms with Crippen molar-refractivity contribution < 1.29 is 19.1 Å². The van der Waals surface area contributed by atoms with Crippen LogP contribution in [-0.4, -0.2) is 64.3 Å². The molecule has 8 heteroatoms. The van der Waals surface area contributed by atoms with Gasteiger partial charge in [0, 0.05) is 24.1 Å². The van der Waals surface area contributed by atoms with Gasteiger partial charge in [-0.2, -0.15) is 0 Å². The van der Waals surface area contributed by atoms with E-state index in [9.17, 15) is 4.79 Å². The number of carbonyl (C=O) groups is 1. The van der Waals surface area contributed by atoms with Crippen LogP contribution in [-0.2, 0) is 4.79 Å². The molecule has 0 aliphatic carbocycles. The summed E-state index contributed by atoms with van der Waals surface area (Å²) in [5, 5.41) is 13.0. The number of anilines is 1. The minimum absolute atomic E-state index is 0. The van der Waals surface area contributed by atoms with Gasteiger partial charge in [0.05, 0.1) is 12.5 Å². The molecule has 2 heterocycles. The predicted octanol–water partition coefficient (Wildman–Crippen LogP) is 4.97. The molecule has 0 atom stereocenters. The quantitative estimate of drug-likeness (QED) is 0.257. The third-order valence-corrected chi connectivity index (χ3v) is 5.26. The van der Waals surface area contributed by atoms with E-state index in [1.54, 1.807) is 7.11 Å². The van der Waals surface area contributed by atoms with Crippen LogP contribution in [0.15, 0.2) is 65.3 Å². The second-order valence-electron chi connectivity index (χ2n) is 7.43. The van der Waals surface area contributed by atoms with E-state index in [1.165, 1.54) is 6.33 Å². The molecule has 166 valence electrons. The maximum absolute atomic E-state index is 10.7. The number of aromatic nitrogens is 2. The first-order chi connectivity index (χ1) is 15.7. The number of rotatable bonds is 10. The fourth-order valence-electron chi connectivity index (χ4n) is 3.68. The van der Waals surface area contributed by atoms with Crippen LogP contribution >= 0.6 is 0 Å². The molecule has 0 fully saturated rings. The first-order valence-electron chi connectivity index (χ1n) is 10.6. The Balaban J connectivity index is 0.00000306. The Bertz CT molecular complexity index is 1190. The molecule has 2 aromatic carbocycles. The van der Waals surface area contributed by atoms with E-state index in [0.29, 0.717) is 24.5 Å². The van der Waals surface area contributed by atoms with E-state index < -0.39 is 5.97 Å². The molecule has 0 aliphatic rings. The van der Waals surface area contributed by atoms with Crippen molar-refractivity contribution >= 4 is 52.4 Å². The molecule has 0 spiro atoms. The van der Waals surface area contributed by atoms with Gasteiger partial charge in [-0.15, -0.1) is 0 Å². The zero-order valence-corrected chi connectivity index (χ0v) is 17.9. The topological polar surface area (TPSA) is 97.5 Å². The van der Waals surface area contributed by atoms with Gasteiger partial charge in [-0.25, -0.2) is 9.97 Å². The van der Waals surface area contributed by atoms with E-state index in [0.717, 1.165) is 46.4 Å². The van der Waals surface area contributed by atoms with Gasteiger partial charge in [-0.1, -0.05) is 48.9 Å². The number of unbranched alkanes of at least 4 members (excludes halogenated alkanes) is 2. The van der Waals surface area contributed by atoms with Crippen molar-refractivity contribution in [3.63, 3.8) is 0 Å². The number of nitrogens with zero attached hydrogens (tertiary/aromatic N) is 2. The molecular weight excluding hydrogens is 429 g/mol. The van der Waals surface area contributed by atoms with Gasteiger partial charge >= 0.3 is 35.5 Å². The molecule has 7 nitrogen and oxygen atoms in total. The van der Waals surface area contributed by atoms with E-state index in [-0.39, 0.29) is 36.0 Å². The molecule has 2 aromatic heterocycles. The summed E-state index contributed by atoms with van der Waals surface area (Å²) in [6.07, 6.45) is 4.03. The van der Waals surface area contributed by atoms with Crippen LogP contribution in [0.5, 0.6) is 5.75 Å². The normalized spacial score (nSPS) is 10.6. The maximum atomic E-state index is 10.7. The van der Waals surface area contributed by atoms with Gasteiger partial charge in [0.15, 0.2) is 0 Å². The Morgan fingerprint density at radius 1 is 1.00 bits per heavy atom. The number of hydrogen-bond donors (Lipinski definition) is 2. The van der Waals surface area contributed by atoms with Crippen LogP contribution in [0.25, 0.3) is 33.6 Å². The molecule has 33 heavy (non-hydrogen) atoms. The summed E-state index contributed by atoms with van der Waals surface area (Å²) < 4.78 is 11.5. The third kappa shape index (κ3) is 5.93. The summed E-state index contributed by atoms with van der Waals surface area (Å²) in [5.74, 6) is 1.45. The van der Waals surface area contributed by atoms with Gasteiger partial charge in [-0.05, 0) is 30.5 Å². The monoisotopic (exact) mass is 455 g/mol. The van der Waals surface area contributed by atoms with Gasteiger partial charge in [-0.3, -0.25) is 4.79 Å². The van der Waals surface area contributed by atoms with Gasteiger partial charge in [0.2, 0.25) is 5.71 Å². The Hall–Kier alpha value is -2.87. The molecule has 0 saturated carbocycles. The second-order valence-corrected chi connectivity index (χ2v) is 7.43. The molecule has 4 aromatic rings. The molecule has 0 aliphatic heterocycles. The number of carboxylic acid groups (broad SMARTS) is 1. The standard InChI is InChI=1S/C25H25N3O4.Na.H/c1-31-19-13-11-17(12-14-19)21-22-24(26-15-7-3-6-10-20(29)30)27-16-28-25(22)32-23(21)18-8-4-2-5-9-18;;/h2,4-5,8-9,11-14,16H,3,6-7,10,15H2,1H3,(H,29,30)(H,26,27,28);;. The summed E-state index contributed by atoms with van der Waals surface area (Å²) in [6, 6.07) is 17.8. The molecule has 4 rings (SSSR count). The zero-order valence-electron chi connectivity index (χ0n) is 17.9. The predicted molar refractivity (Wildman–Crippen MR) is 131 cm³/mol. The van der Waals surface area contributed by atoms with Crippen molar-refractivity contribution in [1.82, 2.24) is 9.97 Å². The molecule has 0 amide bonds. The Morgan fingerprint density at radius 3 is 2.45 bits per heavy atom. The first-order valence-corrected chi connectivity index (χ1v) is 10.6. The number of carboxylic acids is 1. The van der Waals surface area contributed by atoms with E-state index in [4.69, 9.17) is 14.3 Å². The summed E-state index contributed by atoms with van der Waals surface area (Å²) >= 11 is 0. The first kappa shape index (κ1) is 24.8. The molecule has 0 saturated heterocycles.